The van der Waals surface area contributed by atoms with Gasteiger partial charge in [-0.05, 0) is 123 Å². The Morgan fingerprint density at radius 3 is 1.33 bits per heavy atom. The minimum Gasteiger partial charge on any atom is -0.508 e. The van der Waals surface area contributed by atoms with Crippen molar-refractivity contribution in [2.24, 2.45) is 5.92 Å². The second kappa shape index (κ2) is 18.9. The van der Waals surface area contributed by atoms with Crippen molar-refractivity contribution in [3.63, 3.8) is 0 Å². The Labute approximate surface area is 367 Å². The fourth-order valence-electron chi connectivity index (χ4n) is 9.79. The van der Waals surface area contributed by atoms with E-state index >= 15 is 0 Å². The third-order valence-electron chi connectivity index (χ3n) is 13.5. The van der Waals surface area contributed by atoms with Gasteiger partial charge in [0.2, 0.25) is 0 Å². The summed E-state index contributed by atoms with van der Waals surface area (Å²) in [5.41, 5.74) is 17.3. The number of aliphatic hydroxyl groups is 1. The second-order valence-corrected chi connectivity index (χ2v) is 18.2. The van der Waals surface area contributed by atoms with Crippen LogP contribution in [0.2, 0.25) is 0 Å². The largest absolute Gasteiger partial charge is 0.508 e. The number of benzene rings is 6. The van der Waals surface area contributed by atoms with Gasteiger partial charge in [-0.3, -0.25) is 0 Å². The van der Waals surface area contributed by atoms with Gasteiger partial charge in [0.25, 0.3) is 0 Å². The van der Waals surface area contributed by atoms with Crippen LogP contribution < -0.4 is 0 Å². The van der Waals surface area contributed by atoms with Crippen LogP contribution in [0.15, 0.2) is 176 Å². The zero-order valence-electron chi connectivity index (χ0n) is 37.7. The second-order valence-electron chi connectivity index (χ2n) is 18.2. The van der Waals surface area contributed by atoms with E-state index in [-0.39, 0.29) is 16.6 Å². The molecule has 0 heterocycles. The summed E-state index contributed by atoms with van der Waals surface area (Å²) in [6, 6.07) is 53.6. The number of allylic oxidation sites excluding steroid dienone is 4. The molecule has 6 aromatic rings. The first-order valence-electron chi connectivity index (χ1n) is 22.9. The van der Waals surface area contributed by atoms with Crippen molar-refractivity contribution in [3.8, 4) is 33.4 Å². The molecule has 3 aliphatic rings. The summed E-state index contributed by atoms with van der Waals surface area (Å²) < 4.78 is 0. The number of aryl methyl sites for hydroxylation is 1. The summed E-state index contributed by atoms with van der Waals surface area (Å²) in [7, 11) is 0. The van der Waals surface area contributed by atoms with E-state index in [9.17, 15) is 5.11 Å². The Hall–Kier alpha value is -5.66. The molecule has 9 rings (SSSR count). The minimum absolute atomic E-state index is 0.0972. The van der Waals surface area contributed by atoms with Gasteiger partial charge in [0.1, 0.15) is 5.76 Å². The van der Waals surface area contributed by atoms with Crippen molar-refractivity contribution in [1.82, 2.24) is 0 Å². The molecule has 1 heteroatoms. The average Bonchev–Trinajstić information content (AvgIpc) is 3.28. The smallest absolute Gasteiger partial charge is 0.115 e. The minimum atomic E-state index is 0.0972. The maximum absolute atomic E-state index is 9.63. The molecular formula is C60H66O. The van der Waals surface area contributed by atoms with Crippen molar-refractivity contribution in [3.05, 3.63) is 209 Å². The lowest BCUT2D eigenvalue weighted by atomic mass is 9.57. The molecule has 1 unspecified atom stereocenters. The van der Waals surface area contributed by atoms with Gasteiger partial charge >= 0.3 is 0 Å². The van der Waals surface area contributed by atoms with E-state index in [2.05, 4.69) is 181 Å². The van der Waals surface area contributed by atoms with Crippen LogP contribution in [0.4, 0.5) is 0 Å². The highest BCUT2D eigenvalue weighted by Crippen LogP contribution is 2.54. The van der Waals surface area contributed by atoms with Gasteiger partial charge in [-0.15, -0.1) is 0 Å². The molecule has 0 aromatic heterocycles. The summed E-state index contributed by atoms with van der Waals surface area (Å²) in [5.74, 6) is 1.82. The molecule has 61 heavy (non-hydrogen) atoms. The third-order valence-corrected chi connectivity index (χ3v) is 13.5. The van der Waals surface area contributed by atoms with Crippen LogP contribution in [-0.2, 0) is 10.8 Å². The lowest BCUT2D eigenvalue weighted by Crippen LogP contribution is -2.39. The fraction of sp³-hybridized carbons (Fsp3) is 0.300. The van der Waals surface area contributed by atoms with Crippen LogP contribution in [0.3, 0.4) is 0 Å². The van der Waals surface area contributed by atoms with Gasteiger partial charge in [-0.2, -0.15) is 0 Å². The molecule has 0 spiro atoms. The van der Waals surface area contributed by atoms with E-state index in [0.29, 0.717) is 17.8 Å². The molecule has 1 nitrogen and oxygen atoms in total. The van der Waals surface area contributed by atoms with Crippen molar-refractivity contribution in [2.45, 2.75) is 110 Å². The van der Waals surface area contributed by atoms with Crippen LogP contribution in [0.1, 0.15) is 125 Å². The predicted molar refractivity (Wildman–Crippen MR) is 263 cm³/mol. The Kier molecular flexibility index (Phi) is 13.5. The van der Waals surface area contributed by atoms with Gasteiger partial charge in [0, 0.05) is 11.5 Å². The normalized spacial score (nSPS) is 22.5. The first kappa shape index (κ1) is 43.4. The highest BCUT2D eigenvalue weighted by atomic mass is 16.3. The lowest BCUT2D eigenvalue weighted by Gasteiger charge is -2.47. The first-order valence-corrected chi connectivity index (χ1v) is 22.9. The maximum atomic E-state index is 9.63. The van der Waals surface area contributed by atoms with Crippen LogP contribution in [0, 0.1) is 12.8 Å². The molecule has 2 fully saturated rings. The number of hydrogen-bond donors (Lipinski definition) is 1. The van der Waals surface area contributed by atoms with E-state index in [1.54, 1.807) is 5.57 Å². The number of aliphatic hydroxyl groups excluding tert-OH is 1. The molecule has 1 atom stereocenters. The van der Waals surface area contributed by atoms with Crippen LogP contribution in [0.5, 0.6) is 0 Å². The average molecular weight is 803 g/mol. The van der Waals surface area contributed by atoms with Crippen LogP contribution in [-0.4, -0.2) is 5.11 Å². The SMILES string of the molecule is C=C(O)c1ccc(-c2ccc(-c3ccc(C4CC(C)(c5ccc(C6C=CC(C7CC(C)(c8ccc(-c9ccc(C)cc9)cc8)C7)=CC6)cc5)C4)cc3)cc2)cc1.CC.CCC. The van der Waals surface area contributed by atoms with E-state index < -0.39 is 0 Å². The zero-order chi connectivity index (χ0) is 43.1. The molecule has 0 radical (unpaired) electrons. The molecule has 2 saturated carbocycles. The van der Waals surface area contributed by atoms with Crippen molar-refractivity contribution >= 4 is 5.76 Å². The van der Waals surface area contributed by atoms with Crippen LogP contribution in [0.25, 0.3) is 39.1 Å². The molecule has 6 aromatic carbocycles. The predicted octanol–water partition coefficient (Wildman–Crippen LogP) is 17.1. The molecule has 1 N–H and O–H groups in total. The van der Waals surface area contributed by atoms with Crippen molar-refractivity contribution < 1.29 is 5.11 Å². The van der Waals surface area contributed by atoms with Crippen molar-refractivity contribution in [1.29, 1.82) is 0 Å². The Bertz CT molecular complexity index is 2410. The first-order chi connectivity index (χ1) is 29.5. The van der Waals surface area contributed by atoms with Gasteiger partial charge in [-0.25, -0.2) is 0 Å². The Balaban J connectivity index is 0.00000108. The molecule has 0 bridgehead atoms. The maximum Gasteiger partial charge on any atom is 0.115 e. The highest BCUT2D eigenvalue weighted by Gasteiger charge is 2.43. The van der Waals surface area contributed by atoms with Gasteiger partial charge < -0.3 is 5.11 Å². The standard InChI is InChI=1S/C55H52O.C3H8.C2H6/c1-37-5-7-40(8-6-37)46-25-29-52(30-26-46)54(3)35-51(36-54)49-23-19-45(20-24-49)47-27-31-53(32-28-47)55(4)33-50(34-55)48-21-17-44(18-22-48)43-15-13-42(14-16-43)41-11-9-39(10-12-41)38(2)56;1-3-2;1-2/h5-19,21-32,45,50-51,56H,2,20,33-36H2,1,3-4H3;3H2,1-2H3;1-2H3. The lowest BCUT2D eigenvalue weighted by molar-refractivity contribution is 0.194. The molecule has 0 saturated heterocycles. The van der Waals surface area contributed by atoms with E-state index in [0.717, 1.165) is 23.1 Å². The van der Waals surface area contributed by atoms with Crippen LogP contribution >= 0.6 is 0 Å². The summed E-state index contributed by atoms with van der Waals surface area (Å²) in [5, 5.41) is 9.63. The van der Waals surface area contributed by atoms with E-state index in [1.165, 1.54) is 82.2 Å². The molecule has 312 valence electrons. The summed E-state index contributed by atoms with van der Waals surface area (Å²) in [6.07, 6.45) is 14.6. The topological polar surface area (TPSA) is 20.2 Å². The quantitative estimate of drug-likeness (QED) is 0.144. The van der Waals surface area contributed by atoms with Crippen molar-refractivity contribution in [2.75, 3.05) is 0 Å². The van der Waals surface area contributed by atoms with E-state index in [1.807, 2.05) is 38.1 Å². The monoisotopic (exact) mass is 803 g/mol. The Morgan fingerprint density at radius 1 is 0.541 bits per heavy atom. The van der Waals surface area contributed by atoms with Gasteiger partial charge in [0.15, 0.2) is 0 Å². The molecular weight excluding hydrogens is 737 g/mol. The molecule has 0 amide bonds. The third kappa shape index (κ3) is 9.63. The number of rotatable bonds is 9. The molecule has 3 aliphatic carbocycles. The summed E-state index contributed by atoms with van der Waals surface area (Å²) in [4.78, 5) is 0. The summed E-state index contributed by atoms with van der Waals surface area (Å²) >= 11 is 0. The van der Waals surface area contributed by atoms with E-state index in [4.69, 9.17) is 0 Å². The van der Waals surface area contributed by atoms with Gasteiger partial charge in [0.05, 0.1) is 0 Å². The Morgan fingerprint density at radius 2 is 0.902 bits per heavy atom. The summed E-state index contributed by atoms with van der Waals surface area (Å²) in [6.45, 7) is 18.9. The van der Waals surface area contributed by atoms with Gasteiger partial charge in [-0.1, -0.05) is 224 Å². The fourth-order valence-corrected chi connectivity index (χ4v) is 9.79. The zero-order valence-corrected chi connectivity index (χ0v) is 37.7. The molecule has 0 aliphatic heterocycles. The number of hydrogen-bond acceptors (Lipinski definition) is 1. The highest BCUT2D eigenvalue weighted by molar-refractivity contribution is 5.72.